The van der Waals surface area contributed by atoms with Crippen LogP contribution < -0.4 is 44.3 Å². The fraction of sp³-hybridized carbons (Fsp3) is 0.364. The number of carbonyl (C=O) groups is 2. The number of sulfonamides is 1. The number of hydrogen-bond acceptors (Lipinski definition) is 5. The van der Waals surface area contributed by atoms with Crippen molar-refractivity contribution in [2.75, 3.05) is 11.4 Å². The molecule has 2 aromatic rings. The Morgan fingerprint density at radius 1 is 1.16 bits per heavy atom. The Bertz CT molecular complexity index is 1080. The fourth-order valence-electron chi connectivity index (χ4n) is 3.76. The number of carboxylic acid groups (broad SMARTS) is 1. The number of amides is 1. The van der Waals surface area contributed by atoms with E-state index >= 15 is 0 Å². The zero-order chi connectivity index (χ0) is 22.6. The third kappa shape index (κ3) is 7.04. The van der Waals surface area contributed by atoms with Crippen LogP contribution in [0.4, 0.5) is 5.69 Å². The summed E-state index contributed by atoms with van der Waals surface area (Å²) < 4.78 is 28.1. The molecule has 0 aromatic heterocycles. The van der Waals surface area contributed by atoms with Crippen LogP contribution in [0.15, 0.2) is 47.4 Å². The molecule has 0 radical (unpaired) electrons. The zero-order valence-electron chi connectivity index (χ0n) is 18.1. The molecule has 10 heteroatoms. The molecule has 0 bridgehead atoms. The number of carboxylic acids is 1. The molecule has 7 nitrogen and oxygen atoms in total. The van der Waals surface area contributed by atoms with Gasteiger partial charge in [-0.05, 0) is 79.6 Å². The third-order valence-electron chi connectivity index (χ3n) is 5.32. The van der Waals surface area contributed by atoms with Gasteiger partial charge in [0.25, 0.3) is 0 Å². The maximum atomic E-state index is 12.6. The molecule has 1 amide bonds. The summed E-state index contributed by atoms with van der Waals surface area (Å²) in [6.45, 7) is 1.74. The van der Waals surface area contributed by atoms with Gasteiger partial charge in [0, 0.05) is 36.2 Å². The summed E-state index contributed by atoms with van der Waals surface area (Å²) in [5, 5.41) is 11.1. The molecule has 0 fully saturated rings. The minimum atomic E-state index is -3.64. The summed E-state index contributed by atoms with van der Waals surface area (Å²) in [4.78, 5) is 24.4. The average molecular weight is 487 g/mol. The van der Waals surface area contributed by atoms with Gasteiger partial charge in [-0.15, -0.1) is 0 Å². The maximum absolute atomic E-state index is 12.6. The molecule has 3 rings (SSSR count). The first-order chi connectivity index (χ1) is 14.7. The number of aryl methyl sites for hydroxylation is 1. The quantitative estimate of drug-likeness (QED) is 0.485. The Labute approximate surface area is 215 Å². The van der Waals surface area contributed by atoms with Gasteiger partial charge < -0.3 is 14.8 Å². The van der Waals surface area contributed by atoms with E-state index in [2.05, 4.69) is 4.72 Å². The topological polar surface area (TPSA) is 107 Å². The van der Waals surface area contributed by atoms with Gasteiger partial charge in [-0.2, -0.15) is 0 Å². The van der Waals surface area contributed by atoms with Crippen LogP contribution >= 0.6 is 11.6 Å². The molecular formula is C22H24ClN2NaO5S. The van der Waals surface area contributed by atoms with E-state index in [9.17, 15) is 23.1 Å². The maximum Gasteiger partial charge on any atom is 1.00 e. The molecule has 166 valence electrons. The van der Waals surface area contributed by atoms with E-state index in [0.717, 1.165) is 11.1 Å². The van der Waals surface area contributed by atoms with Gasteiger partial charge in [-0.3, -0.25) is 4.79 Å². The SMILES string of the molecule is CC(=O)N(CCCC(=O)[O-])c1ccc2c(c1)CCC(NS(=O)(=O)c1ccc(Cl)cc1)C2.[Na+]. The Balaban J connectivity index is 0.00000363. The van der Waals surface area contributed by atoms with Crippen molar-refractivity contribution < 1.29 is 52.7 Å². The summed E-state index contributed by atoms with van der Waals surface area (Å²) >= 11 is 5.84. The molecule has 1 N–H and O–H groups in total. The number of benzene rings is 2. The number of rotatable bonds is 8. The molecule has 1 aliphatic rings. The molecule has 0 heterocycles. The van der Waals surface area contributed by atoms with Crippen molar-refractivity contribution in [2.45, 2.75) is 50.0 Å². The van der Waals surface area contributed by atoms with Gasteiger partial charge >= 0.3 is 29.6 Å². The fourth-order valence-corrected chi connectivity index (χ4v) is 5.16. The molecule has 0 aliphatic heterocycles. The van der Waals surface area contributed by atoms with Crippen LogP contribution in [-0.2, 0) is 32.5 Å². The van der Waals surface area contributed by atoms with Crippen molar-refractivity contribution in [3.05, 3.63) is 58.6 Å². The van der Waals surface area contributed by atoms with Crippen molar-refractivity contribution >= 4 is 39.2 Å². The Kier molecular flexibility index (Phi) is 9.75. The van der Waals surface area contributed by atoms with Gasteiger partial charge in [-0.1, -0.05) is 17.7 Å². The van der Waals surface area contributed by atoms with Crippen LogP contribution in [0.25, 0.3) is 0 Å². The van der Waals surface area contributed by atoms with Crippen LogP contribution in [0.1, 0.15) is 37.3 Å². The van der Waals surface area contributed by atoms with Crippen molar-refractivity contribution in [3.63, 3.8) is 0 Å². The van der Waals surface area contributed by atoms with Crippen molar-refractivity contribution in [3.8, 4) is 0 Å². The average Bonchev–Trinajstić information content (AvgIpc) is 2.70. The smallest absolute Gasteiger partial charge is 0.550 e. The number of hydrogen-bond donors (Lipinski definition) is 1. The first kappa shape index (κ1) is 26.8. The molecule has 1 unspecified atom stereocenters. The summed E-state index contributed by atoms with van der Waals surface area (Å²) in [7, 11) is -3.64. The van der Waals surface area contributed by atoms with Crippen molar-refractivity contribution in [2.24, 2.45) is 0 Å². The van der Waals surface area contributed by atoms with Crippen LogP contribution in [0.5, 0.6) is 0 Å². The van der Waals surface area contributed by atoms with Gasteiger partial charge in [0.2, 0.25) is 15.9 Å². The van der Waals surface area contributed by atoms with Crippen LogP contribution in [-0.4, -0.2) is 32.9 Å². The monoisotopic (exact) mass is 486 g/mol. The van der Waals surface area contributed by atoms with Gasteiger partial charge in [0.1, 0.15) is 0 Å². The first-order valence-electron chi connectivity index (χ1n) is 10.0. The third-order valence-corrected chi connectivity index (χ3v) is 7.11. The predicted octanol–water partition coefficient (Wildman–Crippen LogP) is -0.937. The summed E-state index contributed by atoms with van der Waals surface area (Å²) in [6.07, 6.45) is 2.06. The van der Waals surface area contributed by atoms with Crippen molar-refractivity contribution in [1.29, 1.82) is 0 Å². The number of fused-ring (bicyclic) bond motifs is 1. The molecule has 1 aliphatic carbocycles. The second-order valence-electron chi connectivity index (χ2n) is 7.61. The van der Waals surface area contributed by atoms with Crippen LogP contribution in [0.3, 0.4) is 0 Å². The molecule has 0 saturated heterocycles. The van der Waals surface area contributed by atoms with Gasteiger partial charge in [0.15, 0.2) is 0 Å². The molecule has 2 aromatic carbocycles. The molecule has 0 saturated carbocycles. The van der Waals surface area contributed by atoms with Crippen LogP contribution in [0.2, 0.25) is 5.02 Å². The van der Waals surface area contributed by atoms with E-state index < -0.39 is 16.0 Å². The number of anilines is 1. The second-order valence-corrected chi connectivity index (χ2v) is 9.76. The number of carbonyl (C=O) groups excluding carboxylic acids is 2. The Hall–Kier alpha value is -1.42. The van der Waals surface area contributed by atoms with E-state index in [1.165, 1.54) is 19.1 Å². The number of nitrogens with zero attached hydrogens (tertiary/aromatic N) is 1. The number of nitrogens with one attached hydrogen (secondary N) is 1. The summed E-state index contributed by atoms with van der Waals surface area (Å²) in [6, 6.07) is 11.5. The number of halogens is 1. The van der Waals surface area contributed by atoms with E-state index in [1.54, 1.807) is 17.0 Å². The molecule has 1 atom stereocenters. The summed E-state index contributed by atoms with van der Waals surface area (Å²) in [5.74, 6) is -1.30. The zero-order valence-corrected chi connectivity index (χ0v) is 21.7. The van der Waals surface area contributed by atoms with E-state index in [1.807, 2.05) is 18.2 Å². The Morgan fingerprint density at radius 2 is 1.84 bits per heavy atom. The molecule has 32 heavy (non-hydrogen) atoms. The second kappa shape index (κ2) is 11.6. The molecule has 0 spiro atoms. The van der Waals surface area contributed by atoms with E-state index in [0.29, 0.717) is 42.9 Å². The number of aliphatic carboxylic acids is 1. The van der Waals surface area contributed by atoms with Gasteiger partial charge in [-0.25, -0.2) is 13.1 Å². The first-order valence-corrected chi connectivity index (χ1v) is 11.9. The van der Waals surface area contributed by atoms with Crippen molar-refractivity contribution in [1.82, 2.24) is 4.72 Å². The summed E-state index contributed by atoms with van der Waals surface area (Å²) in [5.41, 5.74) is 2.80. The minimum absolute atomic E-state index is 0. The minimum Gasteiger partial charge on any atom is -0.550 e. The van der Waals surface area contributed by atoms with E-state index in [-0.39, 0.29) is 52.8 Å². The Morgan fingerprint density at radius 3 is 2.47 bits per heavy atom. The van der Waals surface area contributed by atoms with Crippen LogP contribution in [0, 0.1) is 0 Å². The molecular weight excluding hydrogens is 463 g/mol. The standard InChI is InChI=1S/C22H25ClN2O5S.Na/c1-15(26)25(12-2-3-22(27)28)20-9-5-16-13-19(8-4-17(16)14-20)24-31(29,30)21-10-6-18(23)7-11-21;/h5-7,9-11,14,19,24H,2-4,8,12-13H2,1H3,(H,27,28);/q;+1/p-1. The van der Waals surface area contributed by atoms with E-state index in [4.69, 9.17) is 11.6 Å². The van der Waals surface area contributed by atoms with Gasteiger partial charge in [0.05, 0.1) is 4.90 Å². The predicted molar refractivity (Wildman–Crippen MR) is 116 cm³/mol. The normalized spacial score (nSPS) is 15.4. The largest absolute Gasteiger partial charge is 1.00 e.